The summed E-state index contributed by atoms with van der Waals surface area (Å²) in [7, 11) is 0. The monoisotopic (exact) mass is 423 g/mol. The number of aromatic nitrogens is 1. The fourth-order valence-electron chi connectivity index (χ4n) is 2.33. The van der Waals surface area contributed by atoms with Crippen LogP contribution in [0.1, 0.15) is 62.6 Å². The minimum Gasteiger partial charge on any atom is -0.481 e. The van der Waals surface area contributed by atoms with E-state index in [1.165, 1.54) is 0 Å². The van der Waals surface area contributed by atoms with Crippen LogP contribution in [-0.2, 0) is 31.7 Å². The van der Waals surface area contributed by atoms with Gasteiger partial charge in [-0.3, -0.25) is 19.4 Å². The van der Waals surface area contributed by atoms with Crippen molar-refractivity contribution in [3.63, 3.8) is 0 Å². The van der Waals surface area contributed by atoms with Crippen molar-refractivity contribution in [2.24, 2.45) is 0 Å². The predicted molar refractivity (Wildman–Crippen MR) is 93.6 cm³/mol. The standard InChI is InChI=1S/C18H21ClF3NO5/c19-13-10-12(18(20,21)22)11-23-14(13)8-9-17(27)28-16(26)7-5-3-1-2-4-6-15(24)25/h10-11H,1-9H2,(H,24,25). The molecule has 10 heteroatoms. The Balaban J connectivity index is 2.26. The molecule has 0 spiro atoms. The van der Waals surface area contributed by atoms with Gasteiger partial charge in [0.1, 0.15) is 0 Å². The zero-order chi connectivity index (χ0) is 21.2. The zero-order valence-corrected chi connectivity index (χ0v) is 15.8. The summed E-state index contributed by atoms with van der Waals surface area (Å²) in [4.78, 5) is 37.2. The molecule has 0 aliphatic rings. The number of aliphatic carboxylic acids is 1. The first-order valence-corrected chi connectivity index (χ1v) is 9.14. The number of rotatable bonds is 11. The van der Waals surface area contributed by atoms with E-state index in [2.05, 4.69) is 9.72 Å². The predicted octanol–water partition coefficient (Wildman–Crippen LogP) is 4.57. The van der Waals surface area contributed by atoms with E-state index in [0.717, 1.165) is 18.9 Å². The normalized spacial score (nSPS) is 11.3. The van der Waals surface area contributed by atoms with Crippen molar-refractivity contribution in [3.8, 4) is 0 Å². The molecule has 0 radical (unpaired) electrons. The number of hydrogen-bond acceptors (Lipinski definition) is 5. The smallest absolute Gasteiger partial charge is 0.417 e. The summed E-state index contributed by atoms with van der Waals surface area (Å²) in [6, 6.07) is 0.733. The molecule has 0 atom stereocenters. The van der Waals surface area contributed by atoms with Gasteiger partial charge >= 0.3 is 24.1 Å². The number of aryl methyl sites for hydroxylation is 1. The Morgan fingerprint density at radius 3 is 2.14 bits per heavy atom. The Morgan fingerprint density at radius 2 is 1.57 bits per heavy atom. The molecule has 0 bridgehead atoms. The number of halogens is 4. The lowest BCUT2D eigenvalue weighted by atomic mass is 10.1. The quantitative estimate of drug-likeness (QED) is 0.318. The molecule has 0 unspecified atom stereocenters. The molecule has 0 aliphatic carbocycles. The summed E-state index contributed by atoms with van der Waals surface area (Å²) in [5.41, 5.74) is -0.873. The van der Waals surface area contributed by atoms with E-state index in [0.29, 0.717) is 25.5 Å². The summed E-state index contributed by atoms with van der Waals surface area (Å²) < 4.78 is 42.3. The number of alkyl halides is 3. The molecular weight excluding hydrogens is 403 g/mol. The number of hydrogen-bond donors (Lipinski definition) is 1. The molecule has 1 heterocycles. The molecule has 0 saturated carbocycles. The first-order valence-electron chi connectivity index (χ1n) is 8.76. The summed E-state index contributed by atoms with van der Waals surface area (Å²) in [5.74, 6) is -2.32. The molecule has 0 aromatic carbocycles. The molecule has 0 amide bonds. The molecule has 6 nitrogen and oxygen atoms in total. The van der Waals surface area contributed by atoms with Crippen molar-refractivity contribution in [3.05, 3.63) is 28.5 Å². The van der Waals surface area contributed by atoms with Gasteiger partial charge < -0.3 is 9.84 Å². The molecule has 1 N–H and O–H groups in total. The Bertz CT molecular complexity index is 694. The van der Waals surface area contributed by atoms with Crippen LogP contribution in [-0.4, -0.2) is 28.0 Å². The van der Waals surface area contributed by atoms with Gasteiger partial charge in [-0.2, -0.15) is 13.2 Å². The van der Waals surface area contributed by atoms with E-state index in [9.17, 15) is 27.6 Å². The van der Waals surface area contributed by atoms with Gasteiger partial charge in [0.2, 0.25) is 0 Å². The van der Waals surface area contributed by atoms with E-state index in [4.69, 9.17) is 16.7 Å². The number of unbranched alkanes of at least 4 members (excludes halogenated alkanes) is 4. The van der Waals surface area contributed by atoms with Crippen molar-refractivity contribution in [1.29, 1.82) is 0 Å². The zero-order valence-electron chi connectivity index (χ0n) is 15.1. The first-order chi connectivity index (χ1) is 13.1. The van der Waals surface area contributed by atoms with Crippen LogP contribution in [0.5, 0.6) is 0 Å². The highest BCUT2D eigenvalue weighted by Crippen LogP contribution is 2.31. The average Bonchev–Trinajstić information content (AvgIpc) is 2.58. The summed E-state index contributed by atoms with van der Waals surface area (Å²) >= 11 is 5.75. The third kappa shape index (κ3) is 9.68. The number of esters is 2. The second-order valence-electron chi connectivity index (χ2n) is 6.16. The molecule has 1 aromatic rings. The molecule has 0 fully saturated rings. The maximum absolute atomic E-state index is 12.5. The van der Waals surface area contributed by atoms with Gasteiger partial charge in [0.25, 0.3) is 0 Å². The van der Waals surface area contributed by atoms with Gasteiger partial charge in [-0.1, -0.05) is 30.9 Å². The first kappa shape index (κ1) is 23.9. The number of carboxylic acid groups (broad SMARTS) is 1. The van der Waals surface area contributed by atoms with Crippen LogP contribution in [0, 0.1) is 0 Å². The van der Waals surface area contributed by atoms with Crippen LogP contribution in [0.2, 0.25) is 5.02 Å². The lowest BCUT2D eigenvalue weighted by molar-refractivity contribution is -0.159. The highest BCUT2D eigenvalue weighted by Gasteiger charge is 2.31. The van der Waals surface area contributed by atoms with Gasteiger partial charge in [-0.15, -0.1) is 0 Å². The van der Waals surface area contributed by atoms with Crippen LogP contribution >= 0.6 is 11.6 Å². The molecule has 1 aromatic heterocycles. The lowest BCUT2D eigenvalue weighted by Gasteiger charge is -2.09. The van der Waals surface area contributed by atoms with Gasteiger partial charge in [-0.25, -0.2) is 0 Å². The van der Waals surface area contributed by atoms with Crippen LogP contribution in [0.4, 0.5) is 13.2 Å². The third-order valence-electron chi connectivity index (χ3n) is 3.81. The number of carboxylic acids is 1. The molecule has 0 saturated heterocycles. The Morgan fingerprint density at radius 1 is 1.00 bits per heavy atom. The lowest BCUT2D eigenvalue weighted by Crippen LogP contribution is -2.13. The maximum Gasteiger partial charge on any atom is 0.417 e. The van der Waals surface area contributed by atoms with Gasteiger partial charge in [0.05, 0.1) is 22.7 Å². The van der Waals surface area contributed by atoms with Crippen LogP contribution in [0.15, 0.2) is 12.3 Å². The number of carbonyl (C=O) groups excluding carboxylic acids is 2. The van der Waals surface area contributed by atoms with E-state index < -0.39 is 29.6 Å². The number of pyridine rings is 1. The topological polar surface area (TPSA) is 93.6 Å². The molecular formula is C18H21ClF3NO5. The SMILES string of the molecule is O=C(O)CCCCCCCC(=O)OC(=O)CCc1ncc(C(F)(F)F)cc1Cl. The highest BCUT2D eigenvalue weighted by molar-refractivity contribution is 6.31. The minimum atomic E-state index is -4.56. The van der Waals surface area contributed by atoms with E-state index in [1.54, 1.807) is 0 Å². The average molecular weight is 424 g/mol. The summed E-state index contributed by atoms with van der Waals surface area (Å²) in [5, 5.41) is 8.29. The van der Waals surface area contributed by atoms with Crippen molar-refractivity contribution in [2.75, 3.05) is 0 Å². The van der Waals surface area contributed by atoms with E-state index in [-0.39, 0.29) is 36.4 Å². The second-order valence-corrected chi connectivity index (χ2v) is 6.57. The van der Waals surface area contributed by atoms with E-state index in [1.807, 2.05) is 0 Å². The third-order valence-corrected chi connectivity index (χ3v) is 4.14. The largest absolute Gasteiger partial charge is 0.481 e. The number of ether oxygens (including phenoxy) is 1. The molecule has 156 valence electrons. The van der Waals surface area contributed by atoms with Gasteiger partial charge in [0.15, 0.2) is 0 Å². The summed E-state index contributed by atoms with van der Waals surface area (Å²) in [6.45, 7) is 0. The second kappa shape index (κ2) is 11.6. The fourth-order valence-corrected chi connectivity index (χ4v) is 2.59. The Hall–Kier alpha value is -2.16. The van der Waals surface area contributed by atoms with Crippen LogP contribution in [0.3, 0.4) is 0 Å². The Kier molecular flexibility index (Phi) is 9.92. The van der Waals surface area contributed by atoms with Gasteiger partial charge in [0, 0.05) is 25.5 Å². The number of carbonyl (C=O) groups is 3. The van der Waals surface area contributed by atoms with Crippen LogP contribution in [0.25, 0.3) is 0 Å². The molecule has 0 aliphatic heterocycles. The van der Waals surface area contributed by atoms with Crippen molar-refractivity contribution < 1.29 is 37.4 Å². The van der Waals surface area contributed by atoms with Gasteiger partial charge in [-0.05, 0) is 18.9 Å². The molecule has 1 rings (SSSR count). The van der Waals surface area contributed by atoms with Crippen molar-refractivity contribution >= 4 is 29.5 Å². The molecule has 28 heavy (non-hydrogen) atoms. The van der Waals surface area contributed by atoms with E-state index >= 15 is 0 Å². The maximum atomic E-state index is 12.5. The highest BCUT2D eigenvalue weighted by atomic mass is 35.5. The van der Waals surface area contributed by atoms with Crippen molar-refractivity contribution in [1.82, 2.24) is 4.98 Å². The van der Waals surface area contributed by atoms with Crippen molar-refractivity contribution in [2.45, 2.75) is 64.0 Å². The number of nitrogens with zero attached hydrogens (tertiary/aromatic N) is 1. The van der Waals surface area contributed by atoms with Crippen LogP contribution < -0.4 is 0 Å². The summed E-state index contributed by atoms with van der Waals surface area (Å²) in [6.07, 6.45) is -0.680. The minimum absolute atomic E-state index is 0.0489. The Labute approximate surface area is 165 Å². The fraction of sp³-hybridized carbons (Fsp3) is 0.556.